The van der Waals surface area contributed by atoms with Gasteiger partial charge in [-0.15, -0.1) is 0 Å². The molecule has 6 nitrogen and oxygen atoms in total. The van der Waals surface area contributed by atoms with Gasteiger partial charge in [0.2, 0.25) is 15.9 Å². The van der Waals surface area contributed by atoms with Gasteiger partial charge in [0, 0.05) is 31.8 Å². The molecule has 1 aliphatic carbocycles. The molecule has 1 heterocycles. The van der Waals surface area contributed by atoms with Crippen LogP contribution in [0.3, 0.4) is 0 Å². The standard InChI is InChI=1S/C20H30N2O4S/c1-22(17-6-3-2-4-7-17)27(24,25)19-12-9-16(10-13-19)21-20(23)14-11-18-8-5-15-26-18/h9-10,12-13,17-18H,2-8,11,14-15H2,1H3,(H,21,23). The predicted molar refractivity (Wildman–Crippen MR) is 105 cm³/mol. The zero-order valence-corrected chi connectivity index (χ0v) is 16.8. The van der Waals surface area contributed by atoms with Crippen molar-refractivity contribution in [1.82, 2.24) is 4.31 Å². The van der Waals surface area contributed by atoms with Crippen molar-refractivity contribution >= 4 is 21.6 Å². The summed E-state index contributed by atoms with van der Waals surface area (Å²) < 4.78 is 32.7. The third-order valence-electron chi connectivity index (χ3n) is 5.62. The molecule has 2 fully saturated rings. The smallest absolute Gasteiger partial charge is 0.243 e. The van der Waals surface area contributed by atoms with E-state index in [1.54, 1.807) is 31.3 Å². The Hall–Kier alpha value is -1.44. The molecule has 7 heteroatoms. The number of nitrogens with one attached hydrogen (secondary N) is 1. The third kappa shape index (κ3) is 5.30. The van der Waals surface area contributed by atoms with Gasteiger partial charge in [-0.05, 0) is 56.4 Å². The fraction of sp³-hybridized carbons (Fsp3) is 0.650. The number of hydrogen-bond acceptors (Lipinski definition) is 4. The van der Waals surface area contributed by atoms with Crippen molar-refractivity contribution in [2.75, 3.05) is 19.0 Å². The lowest BCUT2D eigenvalue weighted by atomic mass is 9.96. The molecule has 0 bridgehead atoms. The fourth-order valence-electron chi connectivity index (χ4n) is 3.90. The van der Waals surface area contributed by atoms with E-state index in [0.29, 0.717) is 12.1 Å². The molecule has 0 spiro atoms. The number of ether oxygens (including phenoxy) is 1. The van der Waals surface area contributed by atoms with E-state index >= 15 is 0 Å². The fourth-order valence-corrected chi connectivity index (χ4v) is 5.32. The molecule has 27 heavy (non-hydrogen) atoms. The maximum Gasteiger partial charge on any atom is 0.243 e. The zero-order valence-electron chi connectivity index (χ0n) is 16.0. The molecule has 1 atom stereocenters. The first-order valence-electron chi connectivity index (χ1n) is 9.96. The molecular weight excluding hydrogens is 364 g/mol. The van der Waals surface area contributed by atoms with E-state index in [1.807, 2.05) is 0 Å². The number of nitrogens with zero attached hydrogens (tertiary/aromatic N) is 1. The Morgan fingerprint density at radius 3 is 2.44 bits per heavy atom. The second-order valence-electron chi connectivity index (χ2n) is 7.56. The topological polar surface area (TPSA) is 75.7 Å². The largest absolute Gasteiger partial charge is 0.378 e. The summed E-state index contributed by atoms with van der Waals surface area (Å²) >= 11 is 0. The summed E-state index contributed by atoms with van der Waals surface area (Å²) in [4.78, 5) is 12.3. The van der Waals surface area contributed by atoms with Gasteiger partial charge in [-0.3, -0.25) is 4.79 Å². The molecule has 1 aromatic carbocycles. The summed E-state index contributed by atoms with van der Waals surface area (Å²) in [6, 6.07) is 6.55. The quantitative estimate of drug-likeness (QED) is 0.767. The summed E-state index contributed by atoms with van der Waals surface area (Å²) in [5.74, 6) is -0.0690. The Morgan fingerprint density at radius 1 is 1.11 bits per heavy atom. The minimum atomic E-state index is -3.50. The van der Waals surface area contributed by atoms with Crippen molar-refractivity contribution in [3.05, 3.63) is 24.3 Å². The third-order valence-corrected chi connectivity index (χ3v) is 7.55. The molecule has 2 aliphatic rings. The monoisotopic (exact) mass is 394 g/mol. The number of amides is 1. The molecule has 1 saturated carbocycles. The minimum Gasteiger partial charge on any atom is -0.378 e. The van der Waals surface area contributed by atoms with Crippen molar-refractivity contribution in [2.45, 2.75) is 74.8 Å². The number of carbonyl (C=O) groups is 1. The highest BCUT2D eigenvalue weighted by molar-refractivity contribution is 7.89. The highest BCUT2D eigenvalue weighted by Crippen LogP contribution is 2.27. The lowest BCUT2D eigenvalue weighted by Crippen LogP contribution is -2.38. The molecule has 1 amide bonds. The number of hydrogen-bond donors (Lipinski definition) is 1. The van der Waals surface area contributed by atoms with Crippen molar-refractivity contribution in [1.29, 1.82) is 0 Å². The summed E-state index contributed by atoms with van der Waals surface area (Å²) in [5.41, 5.74) is 0.617. The zero-order chi connectivity index (χ0) is 19.3. The summed E-state index contributed by atoms with van der Waals surface area (Å²) in [5, 5.41) is 2.83. The maximum absolute atomic E-state index is 12.8. The molecule has 0 aromatic heterocycles. The van der Waals surface area contributed by atoms with Crippen molar-refractivity contribution in [3.63, 3.8) is 0 Å². The van der Waals surface area contributed by atoms with E-state index in [4.69, 9.17) is 4.74 Å². The average Bonchev–Trinajstić information content (AvgIpc) is 3.20. The van der Waals surface area contributed by atoms with Gasteiger partial charge in [0.15, 0.2) is 0 Å². The Kier molecular flexibility index (Phi) is 6.89. The van der Waals surface area contributed by atoms with Crippen molar-refractivity contribution in [2.24, 2.45) is 0 Å². The van der Waals surface area contributed by atoms with E-state index in [1.165, 1.54) is 10.7 Å². The molecule has 1 aromatic rings. The van der Waals surface area contributed by atoms with E-state index < -0.39 is 10.0 Å². The Labute approximate surface area is 162 Å². The Morgan fingerprint density at radius 2 is 1.81 bits per heavy atom. The van der Waals surface area contributed by atoms with E-state index in [0.717, 1.165) is 51.6 Å². The summed E-state index contributed by atoms with van der Waals surface area (Å²) in [6.07, 6.45) is 8.63. The van der Waals surface area contributed by atoms with Crippen molar-refractivity contribution < 1.29 is 17.9 Å². The van der Waals surface area contributed by atoms with Gasteiger partial charge in [-0.2, -0.15) is 4.31 Å². The average molecular weight is 395 g/mol. The predicted octanol–water partition coefficient (Wildman–Crippen LogP) is 3.54. The highest BCUT2D eigenvalue weighted by atomic mass is 32.2. The maximum atomic E-state index is 12.8. The molecule has 1 saturated heterocycles. The van der Waals surface area contributed by atoms with Crippen LogP contribution in [-0.4, -0.2) is 44.4 Å². The van der Waals surface area contributed by atoms with Gasteiger partial charge in [-0.25, -0.2) is 8.42 Å². The molecule has 1 N–H and O–H groups in total. The van der Waals surface area contributed by atoms with Gasteiger partial charge in [-0.1, -0.05) is 19.3 Å². The molecule has 1 aliphatic heterocycles. The van der Waals surface area contributed by atoms with Gasteiger partial charge < -0.3 is 10.1 Å². The highest BCUT2D eigenvalue weighted by Gasteiger charge is 2.29. The molecule has 3 rings (SSSR count). The van der Waals surface area contributed by atoms with Crippen LogP contribution in [0, 0.1) is 0 Å². The first-order chi connectivity index (χ1) is 13.0. The normalized spacial score (nSPS) is 21.5. The van der Waals surface area contributed by atoms with Crippen LogP contribution >= 0.6 is 0 Å². The van der Waals surface area contributed by atoms with Gasteiger partial charge >= 0.3 is 0 Å². The van der Waals surface area contributed by atoms with Crippen LogP contribution in [0.5, 0.6) is 0 Å². The SMILES string of the molecule is CN(C1CCCCC1)S(=O)(=O)c1ccc(NC(=O)CCC2CCCO2)cc1. The molecule has 1 unspecified atom stereocenters. The first kappa shape index (κ1) is 20.3. The second kappa shape index (κ2) is 9.17. The number of benzene rings is 1. The van der Waals surface area contributed by atoms with Crippen LogP contribution in [0.1, 0.15) is 57.8 Å². The summed E-state index contributed by atoms with van der Waals surface area (Å²) in [7, 11) is -1.83. The minimum absolute atomic E-state index is 0.0690. The van der Waals surface area contributed by atoms with Crippen LogP contribution in [0.4, 0.5) is 5.69 Å². The van der Waals surface area contributed by atoms with Gasteiger partial charge in [0.25, 0.3) is 0 Å². The van der Waals surface area contributed by atoms with Gasteiger partial charge in [0.05, 0.1) is 11.0 Å². The van der Waals surface area contributed by atoms with Crippen LogP contribution in [-0.2, 0) is 19.6 Å². The van der Waals surface area contributed by atoms with Gasteiger partial charge in [0.1, 0.15) is 0 Å². The van der Waals surface area contributed by atoms with Crippen LogP contribution in [0.15, 0.2) is 29.2 Å². The van der Waals surface area contributed by atoms with E-state index in [-0.39, 0.29) is 22.9 Å². The number of rotatable bonds is 7. The van der Waals surface area contributed by atoms with Crippen LogP contribution in [0.25, 0.3) is 0 Å². The second-order valence-corrected chi connectivity index (χ2v) is 9.56. The number of anilines is 1. The lowest BCUT2D eigenvalue weighted by Gasteiger charge is -2.30. The van der Waals surface area contributed by atoms with E-state index in [2.05, 4.69) is 5.32 Å². The summed E-state index contributed by atoms with van der Waals surface area (Å²) in [6.45, 7) is 0.789. The number of sulfonamides is 1. The Balaban J connectivity index is 1.56. The van der Waals surface area contributed by atoms with E-state index in [9.17, 15) is 13.2 Å². The van der Waals surface area contributed by atoms with Crippen molar-refractivity contribution in [3.8, 4) is 0 Å². The molecule has 0 radical (unpaired) electrons. The lowest BCUT2D eigenvalue weighted by molar-refractivity contribution is -0.116. The molecule has 150 valence electrons. The first-order valence-corrected chi connectivity index (χ1v) is 11.4. The number of carbonyl (C=O) groups excluding carboxylic acids is 1. The Bertz CT molecular complexity index is 721. The molecular formula is C20H30N2O4S. The van der Waals surface area contributed by atoms with Crippen LogP contribution < -0.4 is 5.32 Å². The van der Waals surface area contributed by atoms with Crippen LogP contribution in [0.2, 0.25) is 0 Å².